The number of hydrogen-bond donors (Lipinski definition) is 2. The van der Waals surface area contributed by atoms with Gasteiger partial charge in [-0.1, -0.05) is 19.1 Å². The highest BCUT2D eigenvalue weighted by atomic mass is 32.2. The van der Waals surface area contributed by atoms with Gasteiger partial charge in [-0.2, -0.15) is 0 Å². The van der Waals surface area contributed by atoms with Gasteiger partial charge in [0.1, 0.15) is 5.82 Å². The number of halogens is 1. The van der Waals surface area contributed by atoms with Gasteiger partial charge in [-0.3, -0.25) is 4.21 Å². The second-order valence-corrected chi connectivity index (χ2v) is 5.26. The van der Waals surface area contributed by atoms with Crippen LogP contribution in [-0.2, 0) is 10.8 Å². The molecule has 2 atom stereocenters. The molecule has 0 aliphatic carbocycles. The van der Waals surface area contributed by atoms with E-state index in [0.717, 1.165) is 13.0 Å². The third-order valence-corrected chi connectivity index (χ3v) is 3.74. The molecule has 0 bridgehead atoms. The van der Waals surface area contributed by atoms with Crippen LogP contribution < -0.4 is 5.32 Å². The van der Waals surface area contributed by atoms with Crippen LogP contribution >= 0.6 is 0 Å². The summed E-state index contributed by atoms with van der Waals surface area (Å²) in [5, 5.41) is 12.6. The fourth-order valence-electron chi connectivity index (χ4n) is 1.40. The summed E-state index contributed by atoms with van der Waals surface area (Å²) < 4.78 is 25.1. The van der Waals surface area contributed by atoms with Crippen molar-refractivity contribution in [2.75, 3.05) is 18.8 Å². The Kier molecular flexibility index (Phi) is 6.32. The molecule has 0 spiro atoms. The van der Waals surface area contributed by atoms with Crippen molar-refractivity contribution >= 4 is 10.8 Å². The van der Waals surface area contributed by atoms with Gasteiger partial charge in [-0.15, -0.1) is 0 Å². The number of benzene rings is 1. The summed E-state index contributed by atoms with van der Waals surface area (Å²) in [4.78, 5) is 0.155. The second kappa shape index (κ2) is 7.53. The van der Waals surface area contributed by atoms with E-state index in [1.165, 1.54) is 12.1 Å². The Morgan fingerprint density at radius 2 is 2.18 bits per heavy atom. The van der Waals surface area contributed by atoms with E-state index < -0.39 is 22.7 Å². The predicted octanol–water partition coefficient (Wildman–Crippen LogP) is 1.29. The number of aliphatic hydroxyl groups is 1. The van der Waals surface area contributed by atoms with Gasteiger partial charge in [0.15, 0.2) is 0 Å². The molecule has 0 heterocycles. The molecule has 96 valence electrons. The Morgan fingerprint density at radius 1 is 1.47 bits per heavy atom. The first-order valence-electron chi connectivity index (χ1n) is 5.66. The van der Waals surface area contributed by atoms with Gasteiger partial charge in [0.05, 0.1) is 27.6 Å². The van der Waals surface area contributed by atoms with Gasteiger partial charge in [-0.25, -0.2) is 4.39 Å². The molecule has 0 saturated heterocycles. The Morgan fingerprint density at radius 3 is 2.82 bits per heavy atom. The van der Waals surface area contributed by atoms with Gasteiger partial charge in [0.2, 0.25) is 0 Å². The maximum atomic E-state index is 13.3. The molecule has 0 aromatic heterocycles. The standard InChI is InChI=1S/C12H18FNO2S/c1-2-7-14-8-10(15)9-17(16)12-6-4-3-5-11(12)13/h3-6,10,14-15H,2,7-9H2,1H3. The van der Waals surface area contributed by atoms with Crippen LogP contribution in [0.2, 0.25) is 0 Å². The van der Waals surface area contributed by atoms with Crippen LogP contribution in [0.1, 0.15) is 13.3 Å². The van der Waals surface area contributed by atoms with Crippen LogP contribution in [-0.4, -0.2) is 34.3 Å². The lowest BCUT2D eigenvalue weighted by molar-refractivity contribution is 0.195. The molecule has 0 amide bonds. The average Bonchev–Trinajstić information content (AvgIpc) is 2.29. The summed E-state index contributed by atoms with van der Waals surface area (Å²) >= 11 is 0. The Labute approximate surface area is 104 Å². The molecular weight excluding hydrogens is 241 g/mol. The first-order valence-corrected chi connectivity index (χ1v) is 6.98. The normalized spacial score (nSPS) is 14.5. The largest absolute Gasteiger partial charge is 0.391 e. The predicted molar refractivity (Wildman–Crippen MR) is 66.8 cm³/mol. The maximum absolute atomic E-state index is 13.3. The van der Waals surface area contributed by atoms with Gasteiger partial charge >= 0.3 is 0 Å². The fourth-order valence-corrected chi connectivity index (χ4v) is 2.56. The van der Waals surface area contributed by atoms with Crippen molar-refractivity contribution < 1.29 is 13.7 Å². The van der Waals surface area contributed by atoms with Crippen molar-refractivity contribution in [1.29, 1.82) is 0 Å². The molecule has 3 nitrogen and oxygen atoms in total. The van der Waals surface area contributed by atoms with Crippen molar-refractivity contribution in [3.8, 4) is 0 Å². The lowest BCUT2D eigenvalue weighted by Crippen LogP contribution is -2.31. The molecule has 5 heteroatoms. The third kappa shape index (κ3) is 4.93. The summed E-state index contributed by atoms with van der Waals surface area (Å²) in [5.74, 6) is -0.433. The SMILES string of the molecule is CCCNCC(O)CS(=O)c1ccccc1F. The van der Waals surface area contributed by atoms with E-state index in [1.807, 2.05) is 6.92 Å². The van der Waals surface area contributed by atoms with Crippen LogP contribution in [0.3, 0.4) is 0 Å². The summed E-state index contributed by atoms with van der Waals surface area (Å²) in [6.07, 6.45) is 0.255. The van der Waals surface area contributed by atoms with Crippen molar-refractivity contribution in [1.82, 2.24) is 5.32 Å². The Bertz CT molecular complexity index is 373. The van der Waals surface area contributed by atoms with Gasteiger partial charge in [0, 0.05) is 6.54 Å². The van der Waals surface area contributed by atoms with Crippen LogP contribution in [0.5, 0.6) is 0 Å². The molecule has 1 aromatic rings. The van der Waals surface area contributed by atoms with E-state index in [2.05, 4.69) is 5.32 Å². The molecule has 2 unspecified atom stereocenters. The minimum atomic E-state index is -1.50. The number of nitrogens with one attached hydrogen (secondary N) is 1. The van der Waals surface area contributed by atoms with Crippen molar-refractivity contribution in [3.63, 3.8) is 0 Å². The molecule has 17 heavy (non-hydrogen) atoms. The van der Waals surface area contributed by atoms with Crippen molar-refractivity contribution in [2.24, 2.45) is 0 Å². The number of hydrogen-bond acceptors (Lipinski definition) is 3. The highest BCUT2D eigenvalue weighted by molar-refractivity contribution is 7.85. The van der Waals surface area contributed by atoms with E-state index in [-0.39, 0.29) is 10.6 Å². The van der Waals surface area contributed by atoms with E-state index in [9.17, 15) is 13.7 Å². The Balaban J connectivity index is 2.46. The quantitative estimate of drug-likeness (QED) is 0.726. The number of rotatable bonds is 7. The molecule has 0 aliphatic rings. The molecule has 0 fully saturated rings. The first kappa shape index (κ1) is 14.3. The molecule has 0 radical (unpaired) electrons. The van der Waals surface area contributed by atoms with Crippen molar-refractivity contribution in [3.05, 3.63) is 30.1 Å². The lowest BCUT2D eigenvalue weighted by Gasteiger charge is -2.11. The monoisotopic (exact) mass is 259 g/mol. The van der Waals surface area contributed by atoms with Gasteiger partial charge in [-0.05, 0) is 25.1 Å². The molecular formula is C12H18FNO2S. The third-order valence-electron chi connectivity index (χ3n) is 2.23. The summed E-state index contributed by atoms with van der Waals surface area (Å²) in [7, 11) is -1.50. The zero-order chi connectivity index (χ0) is 12.7. The molecule has 1 aromatic carbocycles. The topological polar surface area (TPSA) is 49.3 Å². The summed E-state index contributed by atoms with van der Waals surface area (Å²) in [5.41, 5.74) is 0. The van der Waals surface area contributed by atoms with Crippen LogP contribution in [0.15, 0.2) is 29.2 Å². The summed E-state index contributed by atoms with van der Waals surface area (Å²) in [6.45, 7) is 3.22. The van der Waals surface area contributed by atoms with E-state index >= 15 is 0 Å². The molecule has 0 aliphatic heterocycles. The molecule has 0 saturated carbocycles. The van der Waals surface area contributed by atoms with Gasteiger partial charge in [0.25, 0.3) is 0 Å². The number of aliphatic hydroxyl groups excluding tert-OH is 1. The molecule has 1 rings (SSSR count). The second-order valence-electron chi connectivity index (χ2n) is 3.80. The van der Waals surface area contributed by atoms with Crippen LogP contribution in [0.25, 0.3) is 0 Å². The smallest absolute Gasteiger partial charge is 0.139 e. The van der Waals surface area contributed by atoms with Crippen LogP contribution in [0.4, 0.5) is 4.39 Å². The van der Waals surface area contributed by atoms with Crippen molar-refractivity contribution in [2.45, 2.75) is 24.3 Å². The fraction of sp³-hybridized carbons (Fsp3) is 0.500. The average molecular weight is 259 g/mol. The van der Waals surface area contributed by atoms with E-state index in [4.69, 9.17) is 0 Å². The minimum absolute atomic E-state index is 0.0532. The minimum Gasteiger partial charge on any atom is -0.391 e. The highest BCUT2D eigenvalue weighted by Crippen LogP contribution is 2.12. The zero-order valence-corrected chi connectivity index (χ0v) is 10.7. The summed E-state index contributed by atoms with van der Waals surface area (Å²) in [6, 6.07) is 5.94. The van der Waals surface area contributed by atoms with Crippen LogP contribution in [0, 0.1) is 5.82 Å². The van der Waals surface area contributed by atoms with E-state index in [0.29, 0.717) is 6.54 Å². The van der Waals surface area contributed by atoms with E-state index in [1.54, 1.807) is 12.1 Å². The lowest BCUT2D eigenvalue weighted by atomic mass is 10.3. The highest BCUT2D eigenvalue weighted by Gasteiger charge is 2.13. The first-order chi connectivity index (χ1) is 8.15. The Hall–Kier alpha value is -0.780. The maximum Gasteiger partial charge on any atom is 0.139 e. The van der Waals surface area contributed by atoms with Gasteiger partial charge < -0.3 is 10.4 Å². The zero-order valence-electron chi connectivity index (χ0n) is 9.86. The molecule has 2 N–H and O–H groups in total.